The lowest BCUT2D eigenvalue weighted by atomic mass is 10.1. The average Bonchev–Trinajstić information content (AvgIpc) is 3.10. The minimum Gasteiger partial charge on any atom is -0.350 e. The van der Waals surface area contributed by atoms with Gasteiger partial charge in [-0.3, -0.25) is 14.6 Å². The monoisotopic (exact) mass is 345 g/mol. The molecule has 1 aromatic carbocycles. The summed E-state index contributed by atoms with van der Waals surface area (Å²) in [5.74, 6) is -0.0833. The summed E-state index contributed by atoms with van der Waals surface area (Å²) in [6, 6.07) is 7.71. The maximum atomic E-state index is 12.2. The zero-order chi connectivity index (χ0) is 17.5. The molecule has 5 nitrogen and oxygen atoms in total. The van der Waals surface area contributed by atoms with Crippen LogP contribution in [-0.4, -0.2) is 42.8 Å². The molecule has 0 radical (unpaired) electrons. The zero-order valence-electron chi connectivity index (χ0n) is 14.1. The smallest absolute Gasteiger partial charge is 0.243 e. The molecule has 1 aromatic rings. The molecule has 0 spiro atoms. The Morgan fingerprint density at radius 2 is 2.17 bits per heavy atom. The molecular formula is C18H23N3O2S. The second-order valence-electron chi connectivity index (χ2n) is 5.69. The van der Waals surface area contributed by atoms with Crippen LogP contribution < -0.4 is 5.32 Å². The van der Waals surface area contributed by atoms with Gasteiger partial charge in [-0.2, -0.15) is 0 Å². The van der Waals surface area contributed by atoms with Crippen LogP contribution in [-0.2, 0) is 16.1 Å². The molecule has 128 valence electrons. The first-order valence-corrected chi connectivity index (χ1v) is 9.12. The maximum Gasteiger partial charge on any atom is 0.243 e. The molecule has 0 saturated carbocycles. The highest BCUT2D eigenvalue weighted by Crippen LogP contribution is 2.29. The fraction of sp³-hybridized carbons (Fsp3) is 0.389. The summed E-state index contributed by atoms with van der Waals surface area (Å²) in [4.78, 5) is 29.8. The molecule has 24 heavy (non-hydrogen) atoms. The number of rotatable bonds is 7. The first-order valence-electron chi connectivity index (χ1n) is 7.90. The van der Waals surface area contributed by atoms with Crippen LogP contribution in [0.25, 0.3) is 4.91 Å². The number of hydrogen-bond donors (Lipinski definition) is 1. The van der Waals surface area contributed by atoms with Crippen molar-refractivity contribution < 1.29 is 9.59 Å². The lowest BCUT2D eigenvalue weighted by molar-refractivity contribution is -0.131. The van der Waals surface area contributed by atoms with Gasteiger partial charge >= 0.3 is 0 Å². The van der Waals surface area contributed by atoms with E-state index in [1.54, 1.807) is 16.7 Å². The van der Waals surface area contributed by atoms with Gasteiger partial charge in [0.05, 0.1) is 5.70 Å². The second-order valence-corrected chi connectivity index (χ2v) is 6.51. The van der Waals surface area contributed by atoms with E-state index in [0.29, 0.717) is 13.1 Å². The summed E-state index contributed by atoms with van der Waals surface area (Å²) in [5.41, 5.74) is 3.01. The average molecular weight is 345 g/mol. The van der Waals surface area contributed by atoms with Crippen LogP contribution in [0, 0.1) is 0 Å². The standard InChI is InChI=1S/C18H23N3O2S/c1-13(19-2)17(24-3)15-8-6-14(7-9-15)11-20-18(23)16-5-4-10-21(16)12-22/h6-9,12,16H,2,4-5,10-11H2,1,3H3,(H,20,23)/b17-13-. The highest BCUT2D eigenvalue weighted by molar-refractivity contribution is 8.07. The Morgan fingerprint density at radius 1 is 1.46 bits per heavy atom. The van der Waals surface area contributed by atoms with Gasteiger partial charge in [0.1, 0.15) is 6.04 Å². The minimum absolute atomic E-state index is 0.0833. The summed E-state index contributed by atoms with van der Waals surface area (Å²) in [5, 5.41) is 2.92. The predicted molar refractivity (Wildman–Crippen MR) is 99.7 cm³/mol. The third kappa shape index (κ3) is 4.26. The largest absolute Gasteiger partial charge is 0.350 e. The molecule has 1 fully saturated rings. The van der Waals surface area contributed by atoms with Crippen molar-refractivity contribution in [2.75, 3.05) is 12.8 Å². The molecule has 6 heteroatoms. The van der Waals surface area contributed by atoms with Crippen molar-refractivity contribution in [3.63, 3.8) is 0 Å². The first kappa shape index (κ1) is 18.3. The number of carbonyl (C=O) groups excluding carboxylic acids is 2. The van der Waals surface area contributed by atoms with Crippen LogP contribution in [0.5, 0.6) is 0 Å². The molecule has 0 aliphatic carbocycles. The van der Waals surface area contributed by atoms with Crippen LogP contribution in [0.3, 0.4) is 0 Å². The van der Waals surface area contributed by atoms with Gasteiger partial charge in [-0.05, 0) is 43.9 Å². The molecule has 1 atom stereocenters. The Hall–Kier alpha value is -2.08. The van der Waals surface area contributed by atoms with Gasteiger partial charge in [0, 0.05) is 18.0 Å². The normalized spacial score (nSPS) is 18.1. The fourth-order valence-electron chi connectivity index (χ4n) is 2.82. The zero-order valence-corrected chi connectivity index (χ0v) is 14.9. The van der Waals surface area contributed by atoms with E-state index in [-0.39, 0.29) is 11.9 Å². The lowest BCUT2D eigenvalue weighted by Gasteiger charge is -2.19. The van der Waals surface area contributed by atoms with Crippen LogP contribution in [0.1, 0.15) is 30.9 Å². The van der Waals surface area contributed by atoms with E-state index in [0.717, 1.165) is 41.0 Å². The van der Waals surface area contributed by atoms with Crippen molar-refractivity contribution in [2.24, 2.45) is 4.99 Å². The van der Waals surface area contributed by atoms with Crippen molar-refractivity contribution in [1.82, 2.24) is 10.2 Å². The van der Waals surface area contributed by atoms with Crippen molar-refractivity contribution in [1.29, 1.82) is 0 Å². The Morgan fingerprint density at radius 3 is 2.75 bits per heavy atom. The second kappa shape index (κ2) is 8.68. The molecule has 1 saturated heterocycles. The molecule has 1 aliphatic heterocycles. The number of nitrogens with one attached hydrogen (secondary N) is 1. The van der Waals surface area contributed by atoms with Gasteiger partial charge < -0.3 is 10.2 Å². The third-order valence-electron chi connectivity index (χ3n) is 4.19. The van der Waals surface area contributed by atoms with Crippen LogP contribution >= 0.6 is 11.8 Å². The van der Waals surface area contributed by atoms with E-state index >= 15 is 0 Å². The molecule has 0 bridgehead atoms. The van der Waals surface area contributed by atoms with Crippen molar-refractivity contribution >= 4 is 35.7 Å². The Kier molecular flexibility index (Phi) is 6.61. The number of hydrogen-bond acceptors (Lipinski definition) is 4. The van der Waals surface area contributed by atoms with Gasteiger partial charge in [0.2, 0.25) is 12.3 Å². The Bertz CT molecular complexity index is 640. The minimum atomic E-state index is -0.325. The van der Waals surface area contributed by atoms with E-state index in [2.05, 4.69) is 17.0 Å². The number of amides is 2. The number of thioether (sulfide) groups is 1. The number of allylic oxidation sites excluding steroid dienone is 1. The summed E-state index contributed by atoms with van der Waals surface area (Å²) in [6.45, 7) is 6.63. The predicted octanol–water partition coefficient (Wildman–Crippen LogP) is 2.68. The lowest BCUT2D eigenvalue weighted by Crippen LogP contribution is -2.42. The Balaban J connectivity index is 1.98. The van der Waals surface area contributed by atoms with Gasteiger partial charge in [-0.1, -0.05) is 24.3 Å². The van der Waals surface area contributed by atoms with Crippen molar-refractivity contribution in [3.8, 4) is 0 Å². The number of aliphatic imine (C=N–C) groups is 1. The molecule has 2 rings (SSSR count). The van der Waals surface area contributed by atoms with E-state index in [9.17, 15) is 9.59 Å². The molecule has 2 amide bonds. The molecule has 1 heterocycles. The molecule has 1 unspecified atom stereocenters. The van der Waals surface area contributed by atoms with Gasteiger partial charge in [0.25, 0.3) is 0 Å². The summed E-state index contributed by atoms with van der Waals surface area (Å²) < 4.78 is 0. The van der Waals surface area contributed by atoms with E-state index in [4.69, 9.17) is 0 Å². The van der Waals surface area contributed by atoms with Crippen LogP contribution in [0.4, 0.5) is 0 Å². The van der Waals surface area contributed by atoms with Crippen molar-refractivity contribution in [2.45, 2.75) is 32.4 Å². The molecular weight excluding hydrogens is 322 g/mol. The van der Waals surface area contributed by atoms with E-state index in [1.165, 1.54) is 0 Å². The number of carbonyl (C=O) groups is 2. The molecule has 1 aliphatic rings. The molecule has 1 N–H and O–H groups in total. The highest BCUT2D eigenvalue weighted by Gasteiger charge is 2.29. The summed E-state index contributed by atoms with van der Waals surface area (Å²) in [7, 11) is 0. The highest BCUT2D eigenvalue weighted by atomic mass is 32.2. The fourth-order valence-corrected chi connectivity index (χ4v) is 3.56. The summed E-state index contributed by atoms with van der Waals surface area (Å²) >= 11 is 1.64. The van der Waals surface area contributed by atoms with Crippen LogP contribution in [0.2, 0.25) is 0 Å². The van der Waals surface area contributed by atoms with E-state index < -0.39 is 0 Å². The topological polar surface area (TPSA) is 61.8 Å². The van der Waals surface area contributed by atoms with Crippen LogP contribution in [0.15, 0.2) is 35.0 Å². The molecule has 0 aromatic heterocycles. The Labute approximate surface area is 147 Å². The number of nitrogens with zero attached hydrogens (tertiary/aromatic N) is 2. The first-order chi connectivity index (χ1) is 11.6. The van der Waals surface area contributed by atoms with Gasteiger partial charge in [0.15, 0.2) is 0 Å². The van der Waals surface area contributed by atoms with Gasteiger partial charge in [-0.15, -0.1) is 11.8 Å². The summed E-state index contributed by atoms with van der Waals surface area (Å²) in [6.07, 6.45) is 4.39. The number of likely N-dealkylation sites (tertiary alicyclic amines) is 1. The van der Waals surface area contributed by atoms with Gasteiger partial charge in [-0.25, -0.2) is 0 Å². The number of benzene rings is 1. The van der Waals surface area contributed by atoms with E-state index in [1.807, 2.05) is 37.4 Å². The maximum absolute atomic E-state index is 12.2. The SMILES string of the molecule is C=N/C(C)=C(\SC)c1ccc(CNC(=O)C2CCCN2C=O)cc1. The van der Waals surface area contributed by atoms with Crippen molar-refractivity contribution in [3.05, 3.63) is 41.1 Å². The quantitative estimate of drug-likeness (QED) is 0.610. The third-order valence-corrected chi connectivity index (χ3v) is 5.12.